The first-order chi connectivity index (χ1) is 12.2. The fourth-order valence-electron chi connectivity index (χ4n) is 3.05. The van der Waals surface area contributed by atoms with Crippen LogP contribution in [-0.4, -0.2) is 21.8 Å². The molecule has 0 fully saturated rings. The first kappa shape index (κ1) is 15.3. The molecule has 7 heteroatoms. The third kappa shape index (κ3) is 2.63. The largest absolute Gasteiger partial charge is 0.454 e. The Hall–Kier alpha value is -3.22. The van der Waals surface area contributed by atoms with Crippen molar-refractivity contribution in [2.45, 2.75) is 20.0 Å². The van der Waals surface area contributed by atoms with Gasteiger partial charge in [-0.3, -0.25) is 13.9 Å². The number of benzene rings is 2. The zero-order chi connectivity index (χ0) is 17.4. The number of fused-ring (bicyclic) bond motifs is 2. The monoisotopic (exact) mass is 339 g/mol. The highest BCUT2D eigenvalue weighted by molar-refractivity contribution is 5.92. The molecule has 0 spiro atoms. The van der Waals surface area contributed by atoms with Crippen LogP contribution in [0.3, 0.4) is 0 Å². The summed E-state index contributed by atoms with van der Waals surface area (Å²) in [4.78, 5) is 25.0. The molecular formula is C18H17N3O4. The quantitative estimate of drug-likeness (QED) is 0.791. The minimum atomic E-state index is -0.278. The fraction of sp³-hybridized carbons (Fsp3) is 0.222. The molecule has 1 N–H and O–H groups in total. The molecule has 0 unspecified atom stereocenters. The minimum Gasteiger partial charge on any atom is -0.454 e. The molecule has 25 heavy (non-hydrogen) atoms. The molecule has 0 saturated carbocycles. The van der Waals surface area contributed by atoms with Gasteiger partial charge in [0.2, 0.25) is 12.7 Å². The summed E-state index contributed by atoms with van der Waals surface area (Å²) in [5.74, 6) is 0.970. The van der Waals surface area contributed by atoms with Crippen LogP contribution < -0.4 is 20.5 Å². The van der Waals surface area contributed by atoms with Crippen LogP contribution in [0.4, 0.5) is 5.69 Å². The number of hydrogen-bond donors (Lipinski definition) is 1. The topological polar surface area (TPSA) is 74.5 Å². The van der Waals surface area contributed by atoms with E-state index in [1.807, 2.05) is 31.2 Å². The molecule has 3 aromatic rings. The summed E-state index contributed by atoms with van der Waals surface area (Å²) in [7, 11) is 0. The normalized spacial score (nSPS) is 12.5. The maximum atomic E-state index is 12.6. The molecular weight excluding hydrogens is 322 g/mol. The van der Waals surface area contributed by atoms with Crippen LogP contribution in [-0.2, 0) is 17.9 Å². The first-order valence-electron chi connectivity index (χ1n) is 8.05. The van der Waals surface area contributed by atoms with Gasteiger partial charge in [0, 0.05) is 18.3 Å². The van der Waals surface area contributed by atoms with Crippen molar-refractivity contribution in [3.05, 3.63) is 52.9 Å². The van der Waals surface area contributed by atoms with E-state index in [0.29, 0.717) is 23.7 Å². The number of aromatic nitrogens is 2. The first-order valence-corrected chi connectivity index (χ1v) is 8.05. The number of ether oxygens (including phenoxy) is 2. The summed E-state index contributed by atoms with van der Waals surface area (Å²) >= 11 is 0. The van der Waals surface area contributed by atoms with Crippen LogP contribution in [0.2, 0.25) is 0 Å². The van der Waals surface area contributed by atoms with Crippen LogP contribution in [0.5, 0.6) is 11.5 Å². The van der Waals surface area contributed by atoms with E-state index in [-0.39, 0.29) is 24.9 Å². The fourth-order valence-corrected chi connectivity index (χ4v) is 3.05. The lowest BCUT2D eigenvalue weighted by Gasteiger charge is -2.07. The molecule has 0 radical (unpaired) electrons. The molecule has 0 aliphatic carbocycles. The molecule has 0 bridgehead atoms. The smallest absolute Gasteiger partial charge is 0.329 e. The molecule has 1 amide bonds. The van der Waals surface area contributed by atoms with Crippen molar-refractivity contribution >= 4 is 22.6 Å². The van der Waals surface area contributed by atoms with Crippen molar-refractivity contribution in [2.75, 3.05) is 12.1 Å². The highest BCUT2D eigenvalue weighted by Gasteiger charge is 2.16. The van der Waals surface area contributed by atoms with Crippen LogP contribution in [0.25, 0.3) is 11.0 Å². The average Bonchev–Trinajstić information content (AvgIpc) is 3.18. The third-order valence-corrected chi connectivity index (χ3v) is 4.20. The Morgan fingerprint density at radius 3 is 2.56 bits per heavy atom. The Morgan fingerprint density at radius 2 is 1.80 bits per heavy atom. The maximum Gasteiger partial charge on any atom is 0.329 e. The number of rotatable bonds is 4. The standard InChI is InChI=1S/C18H17N3O4/c1-2-20-13-5-3-4-6-14(13)21(18(20)23)10-17(22)19-12-7-8-15-16(9-12)25-11-24-15/h3-9H,2,10-11H2,1H3,(H,19,22). The van der Waals surface area contributed by atoms with Crippen molar-refractivity contribution in [2.24, 2.45) is 0 Å². The van der Waals surface area contributed by atoms with Crippen molar-refractivity contribution in [1.29, 1.82) is 0 Å². The van der Waals surface area contributed by atoms with Crippen LogP contribution in [0.15, 0.2) is 47.3 Å². The van der Waals surface area contributed by atoms with Gasteiger partial charge >= 0.3 is 5.69 Å². The molecule has 1 aliphatic rings. The van der Waals surface area contributed by atoms with E-state index in [9.17, 15) is 9.59 Å². The van der Waals surface area contributed by atoms with Crippen LogP contribution in [0, 0.1) is 0 Å². The van der Waals surface area contributed by atoms with Gasteiger partial charge in [0.15, 0.2) is 11.5 Å². The van der Waals surface area contributed by atoms with Crippen LogP contribution >= 0.6 is 0 Å². The number of nitrogens with zero attached hydrogens (tertiary/aromatic N) is 2. The number of carbonyl (C=O) groups excluding carboxylic acids is 1. The molecule has 1 aromatic heterocycles. The predicted octanol–water partition coefficient (Wildman–Crippen LogP) is 2.19. The lowest BCUT2D eigenvalue weighted by Crippen LogP contribution is -2.29. The van der Waals surface area contributed by atoms with E-state index in [1.165, 1.54) is 4.57 Å². The molecule has 1 aliphatic heterocycles. The molecule has 128 valence electrons. The van der Waals surface area contributed by atoms with E-state index < -0.39 is 0 Å². The third-order valence-electron chi connectivity index (χ3n) is 4.20. The van der Waals surface area contributed by atoms with Gasteiger partial charge in [-0.15, -0.1) is 0 Å². The number of imidazole rings is 1. The second kappa shape index (κ2) is 6.01. The van der Waals surface area contributed by atoms with Gasteiger partial charge in [0.25, 0.3) is 0 Å². The van der Waals surface area contributed by atoms with Gasteiger partial charge in [-0.1, -0.05) is 12.1 Å². The van der Waals surface area contributed by atoms with E-state index in [0.717, 1.165) is 11.0 Å². The van der Waals surface area contributed by atoms with E-state index >= 15 is 0 Å². The Bertz CT molecular complexity index is 1020. The van der Waals surface area contributed by atoms with Crippen molar-refractivity contribution in [3.8, 4) is 11.5 Å². The number of nitrogens with one attached hydrogen (secondary N) is 1. The summed E-state index contributed by atoms with van der Waals surface area (Å²) in [6, 6.07) is 12.6. The SMILES string of the molecule is CCn1c(=O)n(CC(=O)Nc2ccc3c(c2)OCO3)c2ccccc21. The number of carbonyl (C=O) groups is 1. The van der Waals surface area contributed by atoms with Crippen LogP contribution in [0.1, 0.15) is 6.92 Å². The van der Waals surface area contributed by atoms with Gasteiger partial charge in [0.05, 0.1) is 11.0 Å². The lowest BCUT2D eigenvalue weighted by atomic mass is 10.2. The zero-order valence-electron chi connectivity index (χ0n) is 13.7. The van der Waals surface area contributed by atoms with Gasteiger partial charge < -0.3 is 14.8 Å². The average molecular weight is 339 g/mol. The maximum absolute atomic E-state index is 12.6. The highest BCUT2D eigenvalue weighted by Crippen LogP contribution is 2.34. The number of aryl methyl sites for hydroxylation is 1. The van der Waals surface area contributed by atoms with Gasteiger partial charge in [-0.05, 0) is 31.2 Å². The van der Waals surface area contributed by atoms with Gasteiger partial charge in [-0.2, -0.15) is 0 Å². The predicted molar refractivity (Wildman–Crippen MR) is 93.1 cm³/mol. The second-order valence-electron chi connectivity index (χ2n) is 5.72. The van der Waals surface area contributed by atoms with Crippen molar-refractivity contribution in [3.63, 3.8) is 0 Å². The Labute approximate surface area is 143 Å². The number of para-hydroxylation sites is 2. The molecule has 0 atom stereocenters. The summed E-state index contributed by atoms with van der Waals surface area (Å²) in [6.07, 6.45) is 0. The molecule has 4 rings (SSSR count). The number of amides is 1. The molecule has 2 aromatic carbocycles. The van der Waals surface area contributed by atoms with E-state index in [1.54, 1.807) is 22.8 Å². The minimum absolute atomic E-state index is 0.0548. The highest BCUT2D eigenvalue weighted by atomic mass is 16.7. The number of anilines is 1. The number of hydrogen-bond acceptors (Lipinski definition) is 4. The Kier molecular flexibility index (Phi) is 3.68. The molecule has 0 saturated heterocycles. The summed E-state index contributed by atoms with van der Waals surface area (Å²) in [6.45, 7) is 2.58. The lowest BCUT2D eigenvalue weighted by molar-refractivity contribution is -0.116. The second-order valence-corrected chi connectivity index (χ2v) is 5.72. The Morgan fingerprint density at radius 1 is 1.08 bits per heavy atom. The molecule has 2 heterocycles. The zero-order valence-corrected chi connectivity index (χ0v) is 13.7. The summed E-state index contributed by atoms with van der Waals surface area (Å²) in [5, 5.41) is 2.80. The molecule has 7 nitrogen and oxygen atoms in total. The van der Waals surface area contributed by atoms with Gasteiger partial charge in [-0.25, -0.2) is 4.79 Å². The van der Waals surface area contributed by atoms with Crippen molar-refractivity contribution < 1.29 is 14.3 Å². The summed E-state index contributed by atoms with van der Waals surface area (Å²) < 4.78 is 13.7. The van der Waals surface area contributed by atoms with Gasteiger partial charge in [0.1, 0.15) is 6.54 Å². The van der Waals surface area contributed by atoms with E-state index in [2.05, 4.69) is 5.32 Å². The van der Waals surface area contributed by atoms with E-state index in [4.69, 9.17) is 9.47 Å². The summed E-state index contributed by atoms with van der Waals surface area (Å²) in [5.41, 5.74) is 1.98. The Balaban J connectivity index is 1.60. The van der Waals surface area contributed by atoms with Crippen molar-refractivity contribution in [1.82, 2.24) is 9.13 Å².